The average molecular weight is 480 g/mol. The Bertz CT molecular complexity index is 1270. The van der Waals surface area contributed by atoms with Gasteiger partial charge in [0.1, 0.15) is 6.33 Å². The van der Waals surface area contributed by atoms with Crippen molar-refractivity contribution in [3.05, 3.63) is 53.4 Å². The summed E-state index contributed by atoms with van der Waals surface area (Å²) in [7, 11) is -3.77. The number of fused-ring (bicyclic) bond motifs is 1. The molecule has 3 aromatic rings. The lowest BCUT2D eigenvalue weighted by Crippen LogP contribution is -2.40. The van der Waals surface area contributed by atoms with Crippen molar-refractivity contribution in [1.82, 2.24) is 18.9 Å². The number of benzene rings is 1. The minimum absolute atomic E-state index is 0.0154. The van der Waals surface area contributed by atoms with E-state index in [0.717, 1.165) is 0 Å². The molecule has 1 aliphatic heterocycles. The zero-order chi connectivity index (χ0) is 22.7. The van der Waals surface area contributed by atoms with Crippen LogP contribution in [0.5, 0.6) is 0 Å². The molecule has 3 heterocycles. The summed E-state index contributed by atoms with van der Waals surface area (Å²) in [6.07, 6.45) is 2.91. The van der Waals surface area contributed by atoms with Gasteiger partial charge in [-0.05, 0) is 30.3 Å². The van der Waals surface area contributed by atoms with Gasteiger partial charge in [-0.25, -0.2) is 13.2 Å². The summed E-state index contributed by atoms with van der Waals surface area (Å²) in [5.41, 5.74) is 0.857. The highest BCUT2D eigenvalue weighted by molar-refractivity contribution is 7.89. The molecule has 0 bridgehead atoms. The van der Waals surface area contributed by atoms with Crippen molar-refractivity contribution < 1.29 is 27.5 Å². The molecule has 168 valence electrons. The molecule has 0 saturated carbocycles. The molecule has 0 atom stereocenters. The van der Waals surface area contributed by atoms with Gasteiger partial charge in [-0.15, -0.1) is 10.2 Å². The zero-order valence-electron chi connectivity index (χ0n) is 16.6. The van der Waals surface area contributed by atoms with E-state index in [-0.39, 0.29) is 34.3 Å². The Morgan fingerprint density at radius 3 is 2.75 bits per heavy atom. The van der Waals surface area contributed by atoms with Gasteiger partial charge in [0.25, 0.3) is 5.91 Å². The summed E-state index contributed by atoms with van der Waals surface area (Å²) in [4.78, 5) is 24.5. The van der Waals surface area contributed by atoms with Crippen molar-refractivity contribution in [2.24, 2.45) is 0 Å². The van der Waals surface area contributed by atoms with Crippen molar-refractivity contribution in [1.29, 1.82) is 0 Å². The third kappa shape index (κ3) is 4.72. The number of halogens is 1. The van der Waals surface area contributed by atoms with Gasteiger partial charge in [0, 0.05) is 19.3 Å². The Morgan fingerprint density at radius 1 is 1.19 bits per heavy atom. The molecule has 0 unspecified atom stereocenters. The van der Waals surface area contributed by atoms with E-state index in [1.54, 1.807) is 6.07 Å². The normalized spacial score (nSPS) is 14.9. The third-order valence-corrected chi connectivity index (χ3v) is 6.90. The summed E-state index contributed by atoms with van der Waals surface area (Å²) in [5.74, 6) is -1.39. The van der Waals surface area contributed by atoms with Crippen molar-refractivity contribution >= 4 is 44.8 Å². The van der Waals surface area contributed by atoms with Crippen molar-refractivity contribution in [3.8, 4) is 0 Å². The number of anilines is 1. The highest BCUT2D eigenvalue weighted by Gasteiger charge is 2.27. The van der Waals surface area contributed by atoms with Gasteiger partial charge in [-0.1, -0.05) is 11.6 Å². The fourth-order valence-corrected chi connectivity index (χ4v) is 4.65. The van der Waals surface area contributed by atoms with E-state index in [0.29, 0.717) is 18.9 Å². The summed E-state index contributed by atoms with van der Waals surface area (Å²) in [6, 6.07) is 7.10. The monoisotopic (exact) mass is 479 g/mol. The molecule has 4 rings (SSSR count). The maximum atomic E-state index is 12.8. The SMILES string of the molecule is O=C(COC(=O)c1ccc2nncn2c1)Nc1cc(S(=O)(=O)N2CCOCC2)ccc1Cl. The van der Waals surface area contributed by atoms with Crippen LogP contribution in [0.4, 0.5) is 5.69 Å². The van der Waals surface area contributed by atoms with E-state index in [9.17, 15) is 18.0 Å². The Hall–Kier alpha value is -3.06. The van der Waals surface area contributed by atoms with Crippen LogP contribution in [0, 0.1) is 0 Å². The standard InChI is InChI=1S/C19H18ClN5O6S/c20-15-3-2-14(32(28,29)25-5-7-30-8-6-25)9-16(15)22-18(26)11-31-19(27)13-1-4-17-23-21-12-24(17)10-13/h1-4,9-10,12H,5-8,11H2,(H,22,26). The first-order valence-electron chi connectivity index (χ1n) is 9.48. The molecule has 1 fully saturated rings. The topological polar surface area (TPSA) is 132 Å². The molecule has 0 aliphatic carbocycles. The van der Waals surface area contributed by atoms with Gasteiger partial charge in [0.05, 0.1) is 34.4 Å². The van der Waals surface area contributed by atoms with Crippen LogP contribution in [0.25, 0.3) is 5.65 Å². The molecule has 1 aromatic carbocycles. The molecule has 1 N–H and O–H groups in total. The molecule has 32 heavy (non-hydrogen) atoms. The number of carbonyl (C=O) groups excluding carboxylic acids is 2. The molecule has 11 nitrogen and oxygen atoms in total. The summed E-state index contributed by atoms with van der Waals surface area (Å²) < 4.78 is 38.7. The van der Waals surface area contributed by atoms with Crippen LogP contribution in [0.15, 0.2) is 47.8 Å². The third-order valence-electron chi connectivity index (χ3n) is 4.68. The maximum Gasteiger partial charge on any atom is 0.340 e. The number of nitrogens with one attached hydrogen (secondary N) is 1. The molecule has 13 heteroatoms. The fourth-order valence-electron chi connectivity index (χ4n) is 3.05. The first-order valence-corrected chi connectivity index (χ1v) is 11.3. The minimum atomic E-state index is -3.77. The fraction of sp³-hybridized carbons (Fsp3) is 0.263. The van der Waals surface area contributed by atoms with E-state index in [1.807, 2.05) is 0 Å². The van der Waals surface area contributed by atoms with Crippen LogP contribution < -0.4 is 5.32 Å². The summed E-state index contributed by atoms with van der Waals surface area (Å²) in [5, 5.41) is 10.2. The number of ether oxygens (including phenoxy) is 2. The molecular formula is C19H18ClN5O6S. The molecule has 1 saturated heterocycles. The lowest BCUT2D eigenvalue weighted by molar-refractivity contribution is -0.119. The maximum absolute atomic E-state index is 12.8. The van der Waals surface area contributed by atoms with Gasteiger partial charge in [0.15, 0.2) is 12.3 Å². The van der Waals surface area contributed by atoms with E-state index in [4.69, 9.17) is 21.1 Å². The number of pyridine rings is 1. The van der Waals surface area contributed by atoms with Gasteiger partial charge in [-0.2, -0.15) is 4.31 Å². The number of aromatic nitrogens is 3. The molecular weight excluding hydrogens is 462 g/mol. The van der Waals surface area contributed by atoms with Crippen LogP contribution >= 0.6 is 11.6 Å². The van der Waals surface area contributed by atoms with Gasteiger partial charge >= 0.3 is 5.97 Å². The van der Waals surface area contributed by atoms with Crippen LogP contribution in [0.2, 0.25) is 5.02 Å². The lowest BCUT2D eigenvalue weighted by Gasteiger charge is -2.26. The number of sulfonamides is 1. The predicted molar refractivity (Wildman–Crippen MR) is 113 cm³/mol. The lowest BCUT2D eigenvalue weighted by atomic mass is 10.3. The second-order valence-corrected chi connectivity index (χ2v) is 9.14. The van der Waals surface area contributed by atoms with Crippen molar-refractivity contribution in [2.75, 3.05) is 38.2 Å². The van der Waals surface area contributed by atoms with Crippen LogP contribution in [-0.4, -0.2) is 72.1 Å². The Labute approximate surface area is 187 Å². The highest BCUT2D eigenvalue weighted by atomic mass is 35.5. The number of carbonyl (C=O) groups is 2. The Balaban J connectivity index is 1.41. The number of hydrogen-bond donors (Lipinski definition) is 1. The van der Waals surface area contributed by atoms with E-state index in [1.165, 1.54) is 45.5 Å². The first-order chi connectivity index (χ1) is 15.3. The molecule has 1 aliphatic rings. The quantitative estimate of drug-likeness (QED) is 0.521. The largest absolute Gasteiger partial charge is 0.452 e. The number of hydrogen-bond acceptors (Lipinski definition) is 8. The molecule has 2 aromatic heterocycles. The Kier molecular flexibility index (Phi) is 6.37. The number of rotatable bonds is 6. The molecule has 0 spiro atoms. The van der Waals surface area contributed by atoms with Crippen molar-refractivity contribution in [3.63, 3.8) is 0 Å². The molecule has 1 amide bonds. The Morgan fingerprint density at radius 2 is 1.97 bits per heavy atom. The number of nitrogens with zero attached hydrogens (tertiary/aromatic N) is 4. The predicted octanol–water partition coefficient (Wildman–Crippen LogP) is 1.20. The highest BCUT2D eigenvalue weighted by Crippen LogP contribution is 2.27. The van der Waals surface area contributed by atoms with Crippen LogP contribution in [0.3, 0.4) is 0 Å². The summed E-state index contributed by atoms with van der Waals surface area (Å²) >= 11 is 6.11. The average Bonchev–Trinajstić information content (AvgIpc) is 3.27. The van der Waals surface area contributed by atoms with Crippen molar-refractivity contribution in [2.45, 2.75) is 4.90 Å². The van der Waals surface area contributed by atoms with Crippen LogP contribution in [-0.2, 0) is 24.3 Å². The van der Waals surface area contributed by atoms with Crippen LogP contribution in [0.1, 0.15) is 10.4 Å². The van der Waals surface area contributed by atoms with E-state index in [2.05, 4.69) is 15.5 Å². The minimum Gasteiger partial charge on any atom is -0.452 e. The second-order valence-electron chi connectivity index (χ2n) is 6.80. The first kappa shape index (κ1) is 22.1. The zero-order valence-corrected chi connectivity index (χ0v) is 18.2. The molecule has 0 radical (unpaired) electrons. The number of amides is 1. The van der Waals surface area contributed by atoms with Gasteiger partial charge < -0.3 is 14.8 Å². The second kappa shape index (κ2) is 9.20. The smallest absolute Gasteiger partial charge is 0.340 e. The van der Waals surface area contributed by atoms with Gasteiger partial charge in [0.2, 0.25) is 10.0 Å². The van der Waals surface area contributed by atoms with Gasteiger partial charge in [-0.3, -0.25) is 9.20 Å². The van der Waals surface area contributed by atoms with E-state index < -0.39 is 28.5 Å². The number of morpholine rings is 1. The number of esters is 1. The summed E-state index contributed by atoms with van der Waals surface area (Å²) in [6.45, 7) is 0.515. The van der Waals surface area contributed by atoms with E-state index >= 15 is 0 Å².